The fraction of sp³-hybridized carbons (Fsp3) is 0.800. The van der Waals surface area contributed by atoms with Crippen LogP contribution in [-0.2, 0) is 4.79 Å². The average Bonchev–Trinajstić information content (AvgIpc) is 1.98. The quantitative estimate of drug-likeness (QED) is 0.637. The average molecular weight is 224 g/mol. The van der Waals surface area contributed by atoms with E-state index in [9.17, 15) is 4.79 Å². The number of carbonyl (C=O) groups excluding carboxylic acids is 1. The second-order valence-electron chi connectivity index (χ2n) is 7.13. The summed E-state index contributed by atoms with van der Waals surface area (Å²) in [7, 11) is 0. The molecule has 0 aromatic carbocycles. The van der Waals surface area contributed by atoms with Gasteiger partial charge in [0.05, 0.1) is 0 Å². The van der Waals surface area contributed by atoms with Crippen molar-refractivity contribution in [2.75, 3.05) is 0 Å². The zero-order chi connectivity index (χ0) is 13.1. The van der Waals surface area contributed by atoms with Crippen molar-refractivity contribution in [1.29, 1.82) is 0 Å². The van der Waals surface area contributed by atoms with Gasteiger partial charge in [0.1, 0.15) is 5.78 Å². The van der Waals surface area contributed by atoms with Crippen LogP contribution in [0.25, 0.3) is 0 Å². The fourth-order valence-electron chi connectivity index (χ4n) is 1.70. The number of hydrogen-bond donors (Lipinski definition) is 0. The van der Waals surface area contributed by atoms with Crippen LogP contribution in [-0.4, -0.2) is 5.78 Å². The van der Waals surface area contributed by atoms with Gasteiger partial charge in [0, 0.05) is 5.92 Å². The summed E-state index contributed by atoms with van der Waals surface area (Å²) in [5.74, 6) is 0.423. The van der Waals surface area contributed by atoms with Gasteiger partial charge in [0.15, 0.2) is 0 Å². The first-order chi connectivity index (χ1) is 6.93. The summed E-state index contributed by atoms with van der Waals surface area (Å²) in [5.41, 5.74) is 1.48. The van der Waals surface area contributed by atoms with Gasteiger partial charge in [-0.2, -0.15) is 0 Å². The maximum absolute atomic E-state index is 11.6. The minimum absolute atomic E-state index is 0.103. The van der Waals surface area contributed by atoms with Crippen LogP contribution in [0.1, 0.15) is 61.3 Å². The molecule has 0 radical (unpaired) electrons. The Morgan fingerprint density at radius 1 is 1.12 bits per heavy atom. The van der Waals surface area contributed by atoms with Crippen LogP contribution < -0.4 is 0 Å². The van der Waals surface area contributed by atoms with E-state index in [1.54, 1.807) is 6.92 Å². The van der Waals surface area contributed by atoms with E-state index >= 15 is 0 Å². The lowest BCUT2D eigenvalue weighted by molar-refractivity contribution is -0.121. The zero-order valence-electron chi connectivity index (χ0n) is 12.1. The summed E-state index contributed by atoms with van der Waals surface area (Å²) >= 11 is 0. The maximum atomic E-state index is 11.6. The van der Waals surface area contributed by atoms with Crippen LogP contribution in [0.15, 0.2) is 12.2 Å². The van der Waals surface area contributed by atoms with Gasteiger partial charge in [-0.25, -0.2) is 0 Å². The SMILES string of the molecule is C=C(CC(CC(C)(C)C)C(C)=O)C(C)(C)C. The van der Waals surface area contributed by atoms with Crippen LogP contribution >= 0.6 is 0 Å². The number of rotatable bonds is 4. The smallest absolute Gasteiger partial charge is 0.133 e. The Bertz CT molecular complexity index is 260. The van der Waals surface area contributed by atoms with Crippen LogP contribution in [0.4, 0.5) is 0 Å². The molecule has 94 valence electrons. The monoisotopic (exact) mass is 224 g/mol. The molecule has 0 aromatic rings. The zero-order valence-corrected chi connectivity index (χ0v) is 12.1. The summed E-state index contributed by atoms with van der Waals surface area (Å²) < 4.78 is 0. The third kappa shape index (κ3) is 6.09. The molecule has 0 aliphatic carbocycles. The van der Waals surface area contributed by atoms with Crippen LogP contribution in [0.3, 0.4) is 0 Å². The van der Waals surface area contributed by atoms with Crippen molar-refractivity contribution < 1.29 is 4.79 Å². The molecular weight excluding hydrogens is 196 g/mol. The molecular formula is C15H28O. The number of Topliss-reactive ketones (excluding diaryl/α,β-unsaturated/α-hetero) is 1. The van der Waals surface area contributed by atoms with Crippen molar-refractivity contribution in [2.24, 2.45) is 16.7 Å². The van der Waals surface area contributed by atoms with Crippen molar-refractivity contribution in [3.05, 3.63) is 12.2 Å². The molecule has 0 aliphatic heterocycles. The van der Waals surface area contributed by atoms with Gasteiger partial charge in [0.25, 0.3) is 0 Å². The first-order valence-electron chi connectivity index (χ1n) is 6.12. The van der Waals surface area contributed by atoms with Gasteiger partial charge < -0.3 is 0 Å². The molecule has 0 amide bonds. The number of carbonyl (C=O) groups is 1. The number of hydrogen-bond acceptors (Lipinski definition) is 1. The van der Waals surface area contributed by atoms with E-state index in [-0.39, 0.29) is 16.7 Å². The lowest BCUT2D eigenvalue weighted by atomic mass is 9.76. The van der Waals surface area contributed by atoms with E-state index in [0.717, 1.165) is 12.8 Å². The summed E-state index contributed by atoms with van der Waals surface area (Å²) in [5, 5.41) is 0. The first kappa shape index (κ1) is 15.4. The Hall–Kier alpha value is -0.590. The standard InChI is InChI=1S/C15H28O/c1-11(15(6,7)8)9-13(12(2)16)10-14(3,4)5/h13H,1,9-10H2,2-8H3. The molecule has 0 heterocycles. The van der Waals surface area contributed by atoms with Gasteiger partial charge >= 0.3 is 0 Å². The van der Waals surface area contributed by atoms with E-state index < -0.39 is 0 Å². The summed E-state index contributed by atoms with van der Waals surface area (Å²) in [6.45, 7) is 18.8. The van der Waals surface area contributed by atoms with Gasteiger partial charge in [-0.15, -0.1) is 0 Å². The molecule has 0 aromatic heterocycles. The first-order valence-corrected chi connectivity index (χ1v) is 6.12. The molecule has 1 unspecified atom stereocenters. The van der Waals surface area contributed by atoms with Crippen molar-refractivity contribution >= 4 is 5.78 Å². The predicted molar refractivity (Wildman–Crippen MR) is 71.5 cm³/mol. The van der Waals surface area contributed by atoms with Crippen molar-refractivity contribution in [3.63, 3.8) is 0 Å². The highest BCUT2D eigenvalue weighted by atomic mass is 16.1. The van der Waals surface area contributed by atoms with E-state index in [2.05, 4.69) is 48.1 Å². The maximum Gasteiger partial charge on any atom is 0.133 e. The molecule has 0 spiro atoms. The molecule has 1 atom stereocenters. The van der Waals surface area contributed by atoms with Crippen LogP contribution in [0.2, 0.25) is 0 Å². The summed E-state index contributed by atoms with van der Waals surface area (Å²) in [4.78, 5) is 11.6. The topological polar surface area (TPSA) is 17.1 Å². The number of ketones is 1. The minimum atomic E-state index is 0.103. The lowest BCUT2D eigenvalue weighted by Crippen LogP contribution is -2.22. The van der Waals surface area contributed by atoms with Crippen molar-refractivity contribution in [2.45, 2.75) is 61.3 Å². The Morgan fingerprint density at radius 3 is 1.81 bits per heavy atom. The van der Waals surface area contributed by atoms with Gasteiger partial charge in [0.2, 0.25) is 0 Å². The molecule has 0 bridgehead atoms. The van der Waals surface area contributed by atoms with E-state index in [1.807, 2.05) is 0 Å². The summed E-state index contributed by atoms with van der Waals surface area (Å²) in [6, 6.07) is 0. The third-order valence-corrected chi connectivity index (χ3v) is 2.99. The molecule has 0 N–H and O–H groups in total. The predicted octanol–water partition coefficient (Wildman–Crippen LogP) is 4.62. The Labute approximate surface area is 101 Å². The molecule has 0 aliphatic rings. The van der Waals surface area contributed by atoms with Gasteiger partial charge in [-0.05, 0) is 30.6 Å². The van der Waals surface area contributed by atoms with Crippen molar-refractivity contribution in [1.82, 2.24) is 0 Å². The third-order valence-electron chi connectivity index (χ3n) is 2.99. The highest BCUT2D eigenvalue weighted by molar-refractivity contribution is 5.78. The molecule has 0 fully saturated rings. The minimum Gasteiger partial charge on any atom is -0.300 e. The highest BCUT2D eigenvalue weighted by Gasteiger charge is 2.26. The molecule has 0 rings (SSSR count). The molecule has 16 heavy (non-hydrogen) atoms. The normalized spacial score (nSPS) is 14.7. The Kier molecular flexibility index (Phi) is 4.97. The highest BCUT2D eigenvalue weighted by Crippen LogP contribution is 2.34. The molecule has 1 nitrogen and oxygen atoms in total. The van der Waals surface area contributed by atoms with Crippen LogP contribution in [0.5, 0.6) is 0 Å². The Balaban J connectivity index is 4.60. The molecule has 1 heteroatoms. The van der Waals surface area contributed by atoms with E-state index in [4.69, 9.17) is 0 Å². The second kappa shape index (κ2) is 5.16. The largest absolute Gasteiger partial charge is 0.300 e. The fourth-order valence-corrected chi connectivity index (χ4v) is 1.70. The summed E-state index contributed by atoms with van der Waals surface area (Å²) in [6.07, 6.45) is 1.77. The Morgan fingerprint density at radius 2 is 1.56 bits per heavy atom. The van der Waals surface area contributed by atoms with Crippen LogP contribution in [0, 0.1) is 16.7 Å². The second-order valence-corrected chi connectivity index (χ2v) is 7.13. The van der Waals surface area contributed by atoms with E-state index in [1.165, 1.54) is 5.57 Å². The molecule has 0 saturated heterocycles. The molecule has 0 saturated carbocycles. The van der Waals surface area contributed by atoms with Gasteiger partial charge in [-0.3, -0.25) is 4.79 Å². The van der Waals surface area contributed by atoms with Gasteiger partial charge in [-0.1, -0.05) is 53.7 Å². The van der Waals surface area contributed by atoms with E-state index in [0.29, 0.717) is 5.78 Å². The lowest BCUT2D eigenvalue weighted by Gasteiger charge is -2.29. The van der Waals surface area contributed by atoms with Crippen molar-refractivity contribution in [3.8, 4) is 0 Å². The number of allylic oxidation sites excluding steroid dienone is 1.